The molecule has 3 aromatic rings. The van der Waals surface area contributed by atoms with Gasteiger partial charge in [0.2, 0.25) is 0 Å². The van der Waals surface area contributed by atoms with Crippen LogP contribution in [-0.4, -0.2) is 41.9 Å². The van der Waals surface area contributed by atoms with E-state index in [1.165, 1.54) is 0 Å². The van der Waals surface area contributed by atoms with E-state index < -0.39 is 21.7 Å². The standard InChI is InChI=1S/C27H32N2O7S/c1-18-17-27(2,3)29(10-4-6-25(30)31)23-16-24-20(14-21(18)23)15-22(26(32)36-24)19-7-11-28(12-8-19)9-5-13-37(33,34)35/h7-8,11-12,14-16,18H,4-6,9-10,13,17H2,1-3H3,(H-,30,31,33,34,35)/p+1. The van der Waals surface area contributed by atoms with Crippen molar-refractivity contribution in [2.45, 2.75) is 64.5 Å². The van der Waals surface area contributed by atoms with E-state index in [1.807, 2.05) is 12.1 Å². The summed E-state index contributed by atoms with van der Waals surface area (Å²) in [5.41, 5.74) is 3.09. The number of benzene rings is 1. The Kier molecular flexibility index (Phi) is 7.43. The highest BCUT2D eigenvalue weighted by molar-refractivity contribution is 7.85. The van der Waals surface area contributed by atoms with Gasteiger partial charge in [-0.25, -0.2) is 9.36 Å². The van der Waals surface area contributed by atoms with Crippen molar-refractivity contribution in [2.75, 3.05) is 17.2 Å². The van der Waals surface area contributed by atoms with Gasteiger partial charge in [0.05, 0.1) is 11.3 Å². The second kappa shape index (κ2) is 10.3. The zero-order valence-electron chi connectivity index (χ0n) is 21.3. The minimum atomic E-state index is -3.99. The minimum Gasteiger partial charge on any atom is -0.481 e. The van der Waals surface area contributed by atoms with Crippen LogP contribution in [0.15, 0.2) is 51.9 Å². The SMILES string of the molecule is CC1CC(C)(C)N(CCCC(=O)O)c2cc3oc(=O)c(-c4cc[n+](CCCS(=O)(=O)O)cc4)cc3cc21. The Balaban J connectivity index is 1.65. The molecule has 9 nitrogen and oxygen atoms in total. The zero-order chi connectivity index (χ0) is 27.0. The number of aliphatic carboxylic acids is 1. The molecule has 0 saturated heterocycles. The molecular weight excluding hydrogens is 496 g/mol. The maximum absolute atomic E-state index is 12.9. The minimum absolute atomic E-state index is 0.0983. The average molecular weight is 530 g/mol. The summed E-state index contributed by atoms with van der Waals surface area (Å²) in [7, 11) is -3.99. The fourth-order valence-electron chi connectivity index (χ4n) is 5.33. The molecule has 0 fully saturated rings. The molecule has 4 rings (SSSR count). The van der Waals surface area contributed by atoms with Crippen LogP contribution in [0.1, 0.15) is 57.9 Å². The Labute approximate surface area is 216 Å². The molecule has 2 aromatic heterocycles. The number of aromatic nitrogens is 1. The maximum atomic E-state index is 12.9. The zero-order valence-corrected chi connectivity index (χ0v) is 22.1. The molecule has 0 bridgehead atoms. The molecule has 1 aliphatic heterocycles. The van der Waals surface area contributed by atoms with Crippen molar-refractivity contribution < 1.29 is 31.9 Å². The quantitative estimate of drug-likeness (QED) is 0.242. The van der Waals surface area contributed by atoms with Crippen LogP contribution in [0.4, 0.5) is 5.69 Å². The number of rotatable bonds is 9. The van der Waals surface area contributed by atoms with Crippen LogP contribution >= 0.6 is 0 Å². The Morgan fingerprint density at radius 3 is 2.54 bits per heavy atom. The number of pyridine rings is 1. The van der Waals surface area contributed by atoms with E-state index in [1.54, 1.807) is 29.1 Å². The highest BCUT2D eigenvalue weighted by atomic mass is 32.2. The molecule has 1 aromatic carbocycles. The summed E-state index contributed by atoms with van der Waals surface area (Å²) in [5.74, 6) is -0.851. The molecule has 2 N–H and O–H groups in total. The van der Waals surface area contributed by atoms with Crippen molar-refractivity contribution in [3.8, 4) is 11.1 Å². The third-order valence-corrected chi connectivity index (χ3v) is 7.84. The Morgan fingerprint density at radius 1 is 1.19 bits per heavy atom. The molecular formula is C27H33N2O7S+. The van der Waals surface area contributed by atoms with Gasteiger partial charge in [0.25, 0.3) is 10.1 Å². The lowest BCUT2D eigenvalue weighted by Crippen LogP contribution is -2.48. The highest BCUT2D eigenvalue weighted by Gasteiger charge is 2.36. The molecule has 37 heavy (non-hydrogen) atoms. The van der Waals surface area contributed by atoms with E-state index in [4.69, 9.17) is 14.1 Å². The first-order valence-electron chi connectivity index (χ1n) is 12.4. The van der Waals surface area contributed by atoms with E-state index in [2.05, 4.69) is 31.7 Å². The highest BCUT2D eigenvalue weighted by Crippen LogP contribution is 2.45. The van der Waals surface area contributed by atoms with Gasteiger partial charge in [0.15, 0.2) is 12.4 Å². The lowest BCUT2D eigenvalue weighted by molar-refractivity contribution is -0.696. The first-order chi connectivity index (χ1) is 17.3. The van der Waals surface area contributed by atoms with Crippen molar-refractivity contribution >= 4 is 32.7 Å². The average Bonchev–Trinajstić information content (AvgIpc) is 2.79. The summed E-state index contributed by atoms with van der Waals surface area (Å²) < 4.78 is 38.3. The third-order valence-electron chi connectivity index (χ3n) is 7.03. The number of nitrogens with zero attached hydrogens (tertiary/aromatic N) is 2. The number of hydrogen-bond donors (Lipinski definition) is 2. The van der Waals surface area contributed by atoms with Crippen LogP contribution < -0.4 is 15.1 Å². The molecule has 10 heteroatoms. The van der Waals surface area contributed by atoms with Gasteiger partial charge >= 0.3 is 11.6 Å². The van der Waals surface area contributed by atoms with Crippen LogP contribution in [0.25, 0.3) is 22.1 Å². The van der Waals surface area contributed by atoms with Gasteiger partial charge in [-0.3, -0.25) is 9.35 Å². The van der Waals surface area contributed by atoms with Gasteiger partial charge in [0, 0.05) is 59.8 Å². The van der Waals surface area contributed by atoms with Crippen molar-refractivity contribution in [3.05, 3.63) is 58.7 Å². The number of hydrogen-bond acceptors (Lipinski definition) is 6. The summed E-state index contributed by atoms with van der Waals surface area (Å²) in [6, 6.07) is 9.36. The van der Waals surface area contributed by atoms with Gasteiger partial charge in [-0.15, -0.1) is 0 Å². The topological polar surface area (TPSA) is 129 Å². The Bertz CT molecular complexity index is 1480. The first-order valence-corrected chi connectivity index (χ1v) is 14.0. The number of carbonyl (C=O) groups is 1. The van der Waals surface area contributed by atoms with Crippen LogP contribution in [0.2, 0.25) is 0 Å². The Morgan fingerprint density at radius 2 is 1.89 bits per heavy atom. The molecule has 198 valence electrons. The number of carboxylic acid groups (broad SMARTS) is 1. The molecule has 0 aliphatic carbocycles. The van der Waals surface area contributed by atoms with Crippen LogP contribution in [0.3, 0.4) is 0 Å². The predicted molar refractivity (Wildman–Crippen MR) is 140 cm³/mol. The Hall–Kier alpha value is -3.24. The normalized spacial score (nSPS) is 17.1. The van der Waals surface area contributed by atoms with Gasteiger partial charge in [0.1, 0.15) is 12.1 Å². The van der Waals surface area contributed by atoms with Crippen molar-refractivity contribution in [2.24, 2.45) is 0 Å². The van der Waals surface area contributed by atoms with Gasteiger partial charge in [-0.2, -0.15) is 8.42 Å². The summed E-state index contributed by atoms with van der Waals surface area (Å²) in [6.07, 6.45) is 5.33. The third kappa shape index (κ3) is 6.19. The second-order valence-electron chi connectivity index (χ2n) is 10.4. The summed E-state index contributed by atoms with van der Waals surface area (Å²) in [6.45, 7) is 7.50. The molecule has 1 aliphatic rings. The molecule has 3 heterocycles. The summed E-state index contributed by atoms with van der Waals surface area (Å²) in [5, 5.41) is 9.90. The van der Waals surface area contributed by atoms with E-state index in [9.17, 15) is 18.0 Å². The number of fused-ring (bicyclic) bond motifs is 2. The number of anilines is 1. The smallest absolute Gasteiger partial charge is 0.344 e. The fraction of sp³-hybridized carbons (Fsp3) is 0.444. The lowest BCUT2D eigenvalue weighted by atomic mass is 9.79. The van der Waals surface area contributed by atoms with Gasteiger partial charge in [-0.1, -0.05) is 6.92 Å². The van der Waals surface area contributed by atoms with Gasteiger partial charge < -0.3 is 14.4 Å². The molecule has 1 unspecified atom stereocenters. The molecule has 0 amide bonds. The van der Waals surface area contributed by atoms with E-state index in [0.29, 0.717) is 36.2 Å². The number of carboxylic acids is 1. The molecule has 0 radical (unpaired) electrons. The monoisotopic (exact) mass is 529 g/mol. The van der Waals surface area contributed by atoms with E-state index >= 15 is 0 Å². The largest absolute Gasteiger partial charge is 0.481 e. The summed E-state index contributed by atoms with van der Waals surface area (Å²) in [4.78, 5) is 26.2. The van der Waals surface area contributed by atoms with Crippen molar-refractivity contribution in [1.82, 2.24) is 0 Å². The van der Waals surface area contributed by atoms with Crippen molar-refractivity contribution in [3.63, 3.8) is 0 Å². The van der Waals surface area contributed by atoms with Crippen LogP contribution in [-0.2, 0) is 21.5 Å². The van der Waals surface area contributed by atoms with E-state index in [0.717, 1.165) is 23.1 Å². The molecule has 0 spiro atoms. The fourth-order valence-corrected chi connectivity index (χ4v) is 5.82. The maximum Gasteiger partial charge on any atom is 0.344 e. The second-order valence-corrected chi connectivity index (χ2v) is 12.0. The molecule has 0 saturated carbocycles. The van der Waals surface area contributed by atoms with Crippen LogP contribution in [0.5, 0.6) is 0 Å². The van der Waals surface area contributed by atoms with Crippen LogP contribution in [0, 0.1) is 0 Å². The lowest BCUT2D eigenvalue weighted by Gasteiger charge is -2.47. The predicted octanol–water partition coefficient (Wildman–Crippen LogP) is 3.98. The van der Waals surface area contributed by atoms with Gasteiger partial charge in [-0.05, 0) is 50.3 Å². The first kappa shape index (κ1) is 26.8. The van der Waals surface area contributed by atoms with Crippen molar-refractivity contribution in [1.29, 1.82) is 0 Å². The summed E-state index contributed by atoms with van der Waals surface area (Å²) >= 11 is 0. The van der Waals surface area contributed by atoms with E-state index in [-0.39, 0.29) is 30.1 Å². The molecule has 1 atom stereocenters. The number of aryl methyl sites for hydroxylation is 1.